The van der Waals surface area contributed by atoms with Gasteiger partial charge in [0.15, 0.2) is 5.82 Å². The highest BCUT2D eigenvalue weighted by Gasteiger charge is 2.15. The monoisotopic (exact) mass is 485 g/mol. The molecule has 7 aromatic rings. The molecule has 0 fully saturated rings. The largest absolute Gasteiger partial charge is 0.309 e. The third kappa shape index (κ3) is 3.87. The fraction of sp³-hybridized carbons (Fsp3) is 0. The van der Waals surface area contributed by atoms with Crippen molar-refractivity contribution >= 4 is 35.1 Å². The van der Waals surface area contributed by atoms with Crippen molar-refractivity contribution in [3.8, 4) is 39.6 Å². The molecular formula is C34H24BN3. The Morgan fingerprint density at radius 3 is 1.79 bits per heavy atom. The zero-order valence-corrected chi connectivity index (χ0v) is 21.0. The quantitative estimate of drug-likeness (QED) is 0.256. The second kappa shape index (κ2) is 9.17. The molecular weight excluding hydrogens is 461 g/mol. The Bertz CT molecular complexity index is 1870. The van der Waals surface area contributed by atoms with Crippen LogP contribution in [0.2, 0.25) is 0 Å². The molecule has 178 valence electrons. The van der Waals surface area contributed by atoms with Crippen LogP contribution in [-0.4, -0.2) is 22.4 Å². The Morgan fingerprint density at radius 2 is 1.08 bits per heavy atom. The second-order valence-electron chi connectivity index (χ2n) is 9.62. The van der Waals surface area contributed by atoms with Crippen molar-refractivity contribution in [2.45, 2.75) is 0 Å². The number of rotatable bonds is 4. The van der Waals surface area contributed by atoms with E-state index < -0.39 is 0 Å². The molecule has 0 spiro atoms. The number of hydrogen-bond donors (Lipinski definition) is 0. The smallest absolute Gasteiger partial charge is 0.160 e. The van der Waals surface area contributed by atoms with Gasteiger partial charge in [-0.3, -0.25) is 0 Å². The van der Waals surface area contributed by atoms with Crippen LogP contribution in [0, 0.1) is 0 Å². The molecule has 7 rings (SSSR count). The number of aromatic nitrogens is 3. The van der Waals surface area contributed by atoms with E-state index >= 15 is 0 Å². The van der Waals surface area contributed by atoms with E-state index in [9.17, 15) is 0 Å². The van der Waals surface area contributed by atoms with Gasteiger partial charge >= 0.3 is 0 Å². The average Bonchev–Trinajstić information content (AvgIpc) is 3.31. The zero-order chi connectivity index (χ0) is 25.5. The highest BCUT2D eigenvalue weighted by Crippen LogP contribution is 2.33. The molecule has 0 unspecified atom stereocenters. The Labute approximate surface area is 222 Å². The first kappa shape index (κ1) is 22.3. The molecule has 5 aromatic carbocycles. The van der Waals surface area contributed by atoms with Crippen LogP contribution in [0.15, 0.2) is 133 Å². The molecule has 38 heavy (non-hydrogen) atoms. The van der Waals surface area contributed by atoms with Gasteiger partial charge in [-0.15, -0.1) is 0 Å². The van der Waals surface area contributed by atoms with E-state index in [1.165, 1.54) is 27.3 Å². The maximum Gasteiger partial charge on any atom is 0.160 e. The Balaban J connectivity index is 1.44. The molecule has 0 bridgehead atoms. The highest BCUT2D eigenvalue weighted by atomic mass is 15.0. The first-order valence-corrected chi connectivity index (χ1v) is 12.9. The van der Waals surface area contributed by atoms with Gasteiger partial charge in [-0.25, -0.2) is 9.97 Å². The van der Waals surface area contributed by atoms with Crippen molar-refractivity contribution in [2.24, 2.45) is 0 Å². The first-order chi connectivity index (χ1) is 18.7. The maximum atomic E-state index is 5.04. The van der Waals surface area contributed by atoms with E-state index in [2.05, 4.69) is 109 Å². The molecule has 0 amide bonds. The number of fused-ring (bicyclic) bond motifs is 3. The third-order valence-corrected chi connectivity index (χ3v) is 7.06. The Morgan fingerprint density at radius 1 is 0.474 bits per heavy atom. The average molecular weight is 485 g/mol. The lowest BCUT2D eigenvalue weighted by molar-refractivity contribution is 1.16. The van der Waals surface area contributed by atoms with Crippen LogP contribution in [-0.2, 0) is 0 Å². The third-order valence-electron chi connectivity index (χ3n) is 7.06. The molecule has 3 nitrogen and oxygen atoms in total. The molecule has 0 aliphatic rings. The van der Waals surface area contributed by atoms with Crippen molar-refractivity contribution < 1.29 is 0 Å². The van der Waals surface area contributed by atoms with Crippen LogP contribution >= 0.6 is 0 Å². The van der Waals surface area contributed by atoms with E-state index in [1.54, 1.807) is 0 Å². The van der Waals surface area contributed by atoms with E-state index in [-0.39, 0.29) is 0 Å². The molecule has 0 N–H and O–H groups in total. The van der Waals surface area contributed by atoms with Crippen LogP contribution < -0.4 is 5.46 Å². The van der Waals surface area contributed by atoms with Crippen LogP contribution in [0.4, 0.5) is 0 Å². The Hall–Kier alpha value is -4.96. The number of para-hydroxylation sites is 1. The molecule has 0 saturated carbocycles. The summed E-state index contributed by atoms with van der Waals surface area (Å²) in [5.74, 6) is 0.712. The summed E-state index contributed by atoms with van der Waals surface area (Å²) in [6.45, 7) is 0. The molecule has 2 heterocycles. The van der Waals surface area contributed by atoms with E-state index in [0.29, 0.717) is 5.82 Å². The summed E-state index contributed by atoms with van der Waals surface area (Å²) in [7, 11) is 2.14. The van der Waals surface area contributed by atoms with Gasteiger partial charge in [0.1, 0.15) is 7.85 Å². The van der Waals surface area contributed by atoms with Crippen molar-refractivity contribution in [2.75, 3.05) is 0 Å². The van der Waals surface area contributed by atoms with Crippen LogP contribution in [0.1, 0.15) is 0 Å². The molecule has 0 aliphatic carbocycles. The minimum Gasteiger partial charge on any atom is -0.309 e. The minimum atomic E-state index is 0.712. The SMILES string of the molecule is Bc1ccc2c3ccccc3n(-c3cccc(-c4nc(-c5ccccc5)cc(-c5ccccc5)n4)c3)c2c1. The summed E-state index contributed by atoms with van der Waals surface area (Å²) in [5.41, 5.74) is 9.67. The van der Waals surface area contributed by atoms with Gasteiger partial charge in [-0.2, -0.15) is 0 Å². The highest BCUT2D eigenvalue weighted by molar-refractivity contribution is 6.33. The topological polar surface area (TPSA) is 30.7 Å². The summed E-state index contributed by atoms with van der Waals surface area (Å²) < 4.78 is 2.35. The first-order valence-electron chi connectivity index (χ1n) is 12.9. The summed E-state index contributed by atoms with van der Waals surface area (Å²) in [6, 6.07) is 46.5. The minimum absolute atomic E-state index is 0.712. The number of nitrogens with zero attached hydrogens (tertiary/aromatic N) is 3. The predicted octanol–water partition coefficient (Wildman–Crippen LogP) is 6.83. The lowest BCUT2D eigenvalue weighted by Gasteiger charge is -2.12. The normalized spacial score (nSPS) is 11.3. The van der Waals surface area contributed by atoms with Gasteiger partial charge < -0.3 is 4.57 Å². The lowest BCUT2D eigenvalue weighted by atomic mass is 9.95. The number of hydrogen-bond acceptors (Lipinski definition) is 2. The molecule has 4 heteroatoms. The molecule has 0 atom stereocenters. The fourth-order valence-corrected chi connectivity index (χ4v) is 5.23. The van der Waals surface area contributed by atoms with E-state index in [4.69, 9.17) is 9.97 Å². The van der Waals surface area contributed by atoms with Gasteiger partial charge in [0, 0.05) is 33.2 Å². The van der Waals surface area contributed by atoms with Gasteiger partial charge in [-0.1, -0.05) is 109 Å². The molecule has 0 aliphatic heterocycles. The van der Waals surface area contributed by atoms with Gasteiger partial charge in [-0.05, 0) is 30.3 Å². The summed E-state index contributed by atoms with van der Waals surface area (Å²) >= 11 is 0. The van der Waals surface area contributed by atoms with Crippen molar-refractivity contribution in [1.29, 1.82) is 0 Å². The van der Waals surface area contributed by atoms with Crippen molar-refractivity contribution in [3.63, 3.8) is 0 Å². The predicted molar refractivity (Wildman–Crippen MR) is 161 cm³/mol. The lowest BCUT2D eigenvalue weighted by Crippen LogP contribution is -2.02. The maximum absolute atomic E-state index is 5.04. The van der Waals surface area contributed by atoms with Crippen molar-refractivity contribution in [3.05, 3.63) is 133 Å². The van der Waals surface area contributed by atoms with Crippen LogP contribution in [0.3, 0.4) is 0 Å². The van der Waals surface area contributed by atoms with E-state index in [1.807, 2.05) is 36.4 Å². The van der Waals surface area contributed by atoms with Gasteiger partial charge in [0.2, 0.25) is 0 Å². The zero-order valence-electron chi connectivity index (χ0n) is 21.0. The summed E-state index contributed by atoms with van der Waals surface area (Å²) in [4.78, 5) is 10.1. The summed E-state index contributed by atoms with van der Waals surface area (Å²) in [6.07, 6.45) is 0. The number of benzene rings is 5. The van der Waals surface area contributed by atoms with Crippen molar-refractivity contribution in [1.82, 2.24) is 14.5 Å². The Kier molecular flexibility index (Phi) is 5.37. The summed E-state index contributed by atoms with van der Waals surface area (Å²) in [5, 5.41) is 2.51. The van der Waals surface area contributed by atoms with Gasteiger partial charge in [0.05, 0.1) is 22.4 Å². The second-order valence-corrected chi connectivity index (χ2v) is 9.62. The van der Waals surface area contributed by atoms with Crippen LogP contribution in [0.5, 0.6) is 0 Å². The van der Waals surface area contributed by atoms with Crippen LogP contribution in [0.25, 0.3) is 61.4 Å². The molecule has 0 radical (unpaired) electrons. The fourth-order valence-electron chi connectivity index (χ4n) is 5.23. The van der Waals surface area contributed by atoms with E-state index in [0.717, 1.165) is 33.8 Å². The molecule has 2 aromatic heterocycles. The molecule has 0 saturated heterocycles. The van der Waals surface area contributed by atoms with Gasteiger partial charge in [0.25, 0.3) is 0 Å². The standard InChI is InChI=1S/C34H24BN3/c35-26-18-19-29-28-16-7-8-17-32(28)38(33(29)21-26)27-15-9-14-25(20-27)34-36-30(23-10-3-1-4-11-23)22-31(37-34)24-12-5-2-6-13-24/h1-22H,35H2.